The first-order valence-corrected chi connectivity index (χ1v) is 9.83. The lowest BCUT2D eigenvalue weighted by Gasteiger charge is -2.21. The summed E-state index contributed by atoms with van der Waals surface area (Å²) in [5.41, 5.74) is 5.95. The molecule has 2 aliphatic heterocycles. The summed E-state index contributed by atoms with van der Waals surface area (Å²) in [5.74, 6) is 0.0950. The van der Waals surface area contributed by atoms with Gasteiger partial charge < -0.3 is 15.0 Å². The lowest BCUT2D eigenvalue weighted by molar-refractivity contribution is -0.128. The van der Waals surface area contributed by atoms with Gasteiger partial charge in [0.15, 0.2) is 6.19 Å². The number of carbonyl (C=O) groups excluding carboxylic acids is 1. The van der Waals surface area contributed by atoms with Crippen LogP contribution in [-0.4, -0.2) is 24.0 Å². The van der Waals surface area contributed by atoms with Crippen molar-refractivity contribution in [2.45, 2.75) is 32.5 Å². The highest BCUT2D eigenvalue weighted by molar-refractivity contribution is 5.79. The van der Waals surface area contributed by atoms with Gasteiger partial charge in [0.05, 0.1) is 24.7 Å². The first-order chi connectivity index (χ1) is 14.2. The van der Waals surface area contributed by atoms with E-state index in [1.807, 2.05) is 12.1 Å². The van der Waals surface area contributed by atoms with E-state index >= 15 is 0 Å². The average molecular weight is 386 g/mol. The zero-order valence-electron chi connectivity index (χ0n) is 16.1. The number of carbonyl (C=O) groups is 1. The van der Waals surface area contributed by atoms with Crippen molar-refractivity contribution in [3.8, 4) is 23.4 Å². The fourth-order valence-electron chi connectivity index (χ4n) is 4.03. The normalized spacial score (nSPS) is 16.0. The molecule has 0 spiro atoms. The Morgan fingerprint density at radius 3 is 2.59 bits per heavy atom. The Balaban J connectivity index is 1.59. The number of fused-ring (bicyclic) bond motifs is 1. The number of hydrogen-bond acceptors (Lipinski definition) is 5. The second-order valence-corrected chi connectivity index (χ2v) is 7.53. The van der Waals surface area contributed by atoms with Gasteiger partial charge in [0.2, 0.25) is 5.91 Å². The Morgan fingerprint density at radius 2 is 1.90 bits per heavy atom. The van der Waals surface area contributed by atoms with E-state index in [4.69, 9.17) is 10.00 Å². The monoisotopic (exact) mass is 386 g/mol. The minimum Gasteiger partial charge on any atom is -0.381 e. The van der Waals surface area contributed by atoms with E-state index in [9.17, 15) is 10.1 Å². The van der Waals surface area contributed by atoms with Crippen molar-refractivity contribution >= 4 is 5.91 Å². The number of benzene rings is 2. The van der Waals surface area contributed by atoms with E-state index in [1.54, 1.807) is 17.0 Å². The molecule has 0 radical (unpaired) electrons. The maximum absolute atomic E-state index is 12.5. The molecule has 6 nitrogen and oxygen atoms in total. The van der Waals surface area contributed by atoms with Crippen LogP contribution in [0.2, 0.25) is 0 Å². The average Bonchev–Trinajstić information content (AvgIpc) is 3.21. The third kappa shape index (κ3) is 4.08. The lowest BCUT2D eigenvalue weighted by Crippen LogP contribution is -2.33. The minimum atomic E-state index is 0.0188. The fraction of sp³-hybridized carbons (Fsp3) is 0.348. The van der Waals surface area contributed by atoms with Crippen molar-refractivity contribution in [3.05, 3.63) is 58.7 Å². The van der Waals surface area contributed by atoms with Crippen LogP contribution in [0.4, 0.5) is 0 Å². The Bertz CT molecular complexity index is 995. The van der Waals surface area contributed by atoms with Gasteiger partial charge >= 0.3 is 0 Å². The van der Waals surface area contributed by atoms with Crippen molar-refractivity contribution in [3.63, 3.8) is 0 Å². The lowest BCUT2D eigenvalue weighted by atomic mass is 9.93. The molecule has 0 saturated carbocycles. The van der Waals surface area contributed by atoms with E-state index in [0.717, 1.165) is 40.7 Å². The van der Waals surface area contributed by atoms with Crippen LogP contribution in [-0.2, 0) is 29.2 Å². The largest absolute Gasteiger partial charge is 0.381 e. The quantitative estimate of drug-likeness (QED) is 0.816. The predicted molar refractivity (Wildman–Crippen MR) is 107 cm³/mol. The van der Waals surface area contributed by atoms with Crippen molar-refractivity contribution < 1.29 is 9.53 Å². The molecule has 0 atom stereocenters. The smallest absolute Gasteiger partial charge is 0.223 e. The molecule has 2 aromatic carbocycles. The molecule has 1 amide bonds. The van der Waals surface area contributed by atoms with E-state index in [1.165, 1.54) is 0 Å². The standard InChI is InChI=1S/C23H22N4O2/c24-11-16-1-3-18(4-2-16)21-10-17(9-20-13-27(15-25)14-22(20)21)12-26-23(28)19-5-7-29-8-6-19/h1-4,9-10,19H,5-8,12-14H2,(H,26,28). The molecular weight excluding hydrogens is 364 g/mol. The van der Waals surface area contributed by atoms with Crippen LogP contribution in [0.3, 0.4) is 0 Å². The van der Waals surface area contributed by atoms with E-state index in [0.29, 0.717) is 38.4 Å². The van der Waals surface area contributed by atoms with Crippen LogP contribution in [0.25, 0.3) is 11.1 Å². The molecule has 2 aromatic rings. The second-order valence-electron chi connectivity index (χ2n) is 7.53. The Morgan fingerprint density at radius 1 is 1.14 bits per heavy atom. The summed E-state index contributed by atoms with van der Waals surface area (Å²) in [6.45, 7) is 2.90. The van der Waals surface area contributed by atoms with Gasteiger partial charge in [0.1, 0.15) is 0 Å². The summed E-state index contributed by atoms with van der Waals surface area (Å²) in [6, 6.07) is 13.8. The molecule has 146 valence electrons. The zero-order chi connectivity index (χ0) is 20.2. The molecule has 1 saturated heterocycles. The number of nitrogens with zero attached hydrogens (tertiary/aromatic N) is 3. The van der Waals surface area contributed by atoms with Crippen molar-refractivity contribution in [2.24, 2.45) is 5.92 Å². The van der Waals surface area contributed by atoms with Gasteiger partial charge in [-0.3, -0.25) is 4.79 Å². The molecule has 0 aromatic heterocycles. The van der Waals surface area contributed by atoms with Crippen LogP contribution < -0.4 is 5.32 Å². The Hall–Kier alpha value is -3.35. The van der Waals surface area contributed by atoms with E-state index in [-0.39, 0.29) is 11.8 Å². The number of hydrogen-bond donors (Lipinski definition) is 1. The van der Waals surface area contributed by atoms with E-state index in [2.05, 4.69) is 29.7 Å². The molecule has 4 rings (SSSR count). The van der Waals surface area contributed by atoms with Crippen LogP contribution in [0.1, 0.15) is 35.1 Å². The Labute approximate surface area is 170 Å². The summed E-state index contributed by atoms with van der Waals surface area (Å²) in [4.78, 5) is 14.2. The second kappa shape index (κ2) is 8.34. The maximum atomic E-state index is 12.5. The zero-order valence-corrected chi connectivity index (χ0v) is 16.1. The summed E-state index contributed by atoms with van der Waals surface area (Å²) >= 11 is 0. The molecule has 0 unspecified atom stereocenters. The summed E-state index contributed by atoms with van der Waals surface area (Å²) in [5, 5.41) is 21.4. The topological polar surface area (TPSA) is 89.2 Å². The molecule has 0 aliphatic carbocycles. The molecule has 2 aliphatic rings. The van der Waals surface area contributed by atoms with E-state index < -0.39 is 0 Å². The number of nitriles is 2. The third-order valence-corrected chi connectivity index (χ3v) is 5.64. The summed E-state index contributed by atoms with van der Waals surface area (Å²) in [7, 11) is 0. The Kier molecular flexibility index (Phi) is 5.46. The third-order valence-electron chi connectivity index (χ3n) is 5.64. The highest BCUT2D eigenvalue weighted by atomic mass is 16.5. The molecule has 1 fully saturated rings. The van der Waals surface area contributed by atoms with Gasteiger partial charge in [-0.2, -0.15) is 10.5 Å². The van der Waals surface area contributed by atoms with Crippen LogP contribution in [0.15, 0.2) is 36.4 Å². The van der Waals surface area contributed by atoms with Crippen molar-refractivity contribution in [2.75, 3.05) is 13.2 Å². The number of rotatable bonds is 4. The molecule has 0 bridgehead atoms. The molecule has 6 heteroatoms. The van der Waals surface area contributed by atoms with Crippen LogP contribution >= 0.6 is 0 Å². The highest BCUT2D eigenvalue weighted by Gasteiger charge is 2.24. The van der Waals surface area contributed by atoms with Crippen LogP contribution in [0.5, 0.6) is 0 Å². The molecule has 2 heterocycles. The van der Waals surface area contributed by atoms with Gasteiger partial charge in [-0.25, -0.2) is 0 Å². The van der Waals surface area contributed by atoms with Crippen molar-refractivity contribution in [1.29, 1.82) is 10.5 Å². The molecule has 29 heavy (non-hydrogen) atoms. The first-order valence-electron chi connectivity index (χ1n) is 9.83. The van der Waals surface area contributed by atoms with Crippen molar-refractivity contribution in [1.82, 2.24) is 10.2 Å². The summed E-state index contributed by atoms with van der Waals surface area (Å²) < 4.78 is 5.33. The SMILES string of the molecule is N#Cc1ccc(-c2cc(CNC(=O)C3CCOCC3)cc3c2CN(C#N)C3)cc1. The van der Waals surface area contributed by atoms with Gasteiger partial charge in [-0.1, -0.05) is 18.2 Å². The molecule has 1 N–H and O–H groups in total. The summed E-state index contributed by atoms with van der Waals surface area (Å²) in [6.07, 6.45) is 3.76. The number of nitrogens with one attached hydrogen (secondary N) is 1. The van der Waals surface area contributed by atoms with Gasteiger partial charge in [-0.05, 0) is 58.9 Å². The number of ether oxygens (including phenoxy) is 1. The fourth-order valence-corrected chi connectivity index (χ4v) is 4.03. The maximum Gasteiger partial charge on any atom is 0.223 e. The number of amides is 1. The van der Waals surface area contributed by atoms with Gasteiger partial charge in [0.25, 0.3) is 0 Å². The van der Waals surface area contributed by atoms with Gasteiger partial charge in [0, 0.05) is 25.7 Å². The highest BCUT2D eigenvalue weighted by Crippen LogP contribution is 2.34. The molecular formula is C23H22N4O2. The van der Waals surface area contributed by atoms with Gasteiger partial charge in [-0.15, -0.1) is 0 Å². The minimum absolute atomic E-state index is 0.0188. The van der Waals surface area contributed by atoms with Crippen LogP contribution in [0, 0.1) is 28.7 Å². The predicted octanol–water partition coefficient (Wildman–Crippen LogP) is 3.06. The first kappa shape index (κ1) is 19.0.